The molecule has 0 amide bonds. The van der Waals surface area contributed by atoms with Gasteiger partial charge in [-0.25, -0.2) is 4.98 Å². The molecular weight excluding hydrogens is 336 g/mol. The number of nitrogens with zero attached hydrogens (tertiary/aromatic N) is 2. The Morgan fingerprint density at radius 2 is 1.63 bits per heavy atom. The maximum Gasteiger partial charge on any atom is 0.270 e. The van der Waals surface area contributed by atoms with Gasteiger partial charge in [-0.15, -0.1) is 0 Å². The van der Waals surface area contributed by atoms with Crippen molar-refractivity contribution in [2.45, 2.75) is 13.8 Å². The highest BCUT2D eigenvalue weighted by Crippen LogP contribution is 2.34. The topological polar surface area (TPSA) is 56.0 Å². The molecule has 0 radical (unpaired) electrons. The lowest BCUT2D eigenvalue weighted by Gasteiger charge is -2.12. The molecule has 1 aromatic heterocycles. The molecule has 0 fully saturated rings. The van der Waals surface area contributed by atoms with E-state index in [0.29, 0.717) is 0 Å². The van der Waals surface area contributed by atoms with Crippen molar-refractivity contribution in [3.05, 3.63) is 94.0 Å². The number of non-ortho nitro benzene ring substituents is 1. The first kappa shape index (κ1) is 16.9. The predicted molar refractivity (Wildman–Crippen MR) is 109 cm³/mol. The molecular formula is C23H18N2O2. The van der Waals surface area contributed by atoms with Gasteiger partial charge < -0.3 is 0 Å². The standard InChI is InChI=1S/C23H18N2O2/c1-15-8-10-19(16(2)12-15)23-14-20(17-6-4-3-5-7-17)21-13-18(25(26)27)9-11-22(21)24-23/h3-14H,1-2H3. The number of fused-ring (bicyclic) bond motifs is 1. The highest BCUT2D eigenvalue weighted by molar-refractivity contribution is 5.98. The second kappa shape index (κ2) is 6.65. The minimum absolute atomic E-state index is 0.0701. The maximum absolute atomic E-state index is 11.2. The summed E-state index contributed by atoms with van der Waals surface area (Å²) in [7, 11) is 0. The summed E-state index contributed by atoms with van der Waals surface area (Å²) in [4.78, 5) is 15.7. The second-order valence-electron chi connectivity index (χ2n) is 6.70. The van der Waals surface area contributed by atoms with Crippen molar-refractivity contribution in [2.75, 3.05) is 0 Å². The lowest BCUT2D eigenvalue weighted by molar-refractivity contribution is -0.384. The van der Waals surface area contributed by atoms with Crippen molar-refractivity contribution in [3.63, 3.8) is 0 Å². The summed E-state index contributed by atoms with van der Waals surface area (Å²) in [6.07, 6.45) is 0. The average molecular weight is 354 g/mol. The maximum atomic E-state index is 11.2. The van der Waals surface area contributed by atoms with Gasteiger partial charge in [0, 0.05) is 23.1 Å². The molecule has 4 aromatic rings. The summed E-state index contributed by atoms with van der Waals surface area (Å²) in [6.45, 7) is 4.14. The molecule has 4 rings (SSSR count). The van der Waals surface area contributed by atoms with E-state index in [-0.39, 0.29) is 10.6 Å². The zero-order valence-electron chi connectivity index (χ0n) is 15.1. The fourth-order valence-corrected chi connectivity index (χ4v) is 3.42. The van der Waals surface area contributed by atoms with Crippen LogP contribution in [0.4, 0.5) is 5.69 Å². The van der Waals surface area contributed by atoms with Crippen LogP contribution in [0, 0.1) is 24.0 Å². The predicted octanol–water partition coefficient (Wildman–Crippen LogP) is 6.09. The fraction of sp³-hybridized carbons (Fsp3) is 0.0870. The molecule has 132 valence electrons. The van der Waals surface area contributed by atoms with Gasteiger partial charge in [-0.1, -0.05) is 54.1 Å². The smallest absolute Gasteiger partial charge is 0.258 e. The van der Waals surface area contributed by atoms with Crippen LogP contribution in [0.3, 0.4) is 0 Å². The molecule has 0 spiro atoms. The Hall–Kier alpha value is -3.53. The zero-order valence-corrected chi connectivity index (χ0v) is 15.1. The first-order chi connectivity index (χ1) is 13.0. The summed E-state index contributed by atoms with van der Waals surface area (Å²) in [5.41, 5.74) is 7.07. The van der Waals surface area contributed by atoms with Crippen LogP contribution in [0.15, 0.2) is 72.8 Å². The summed E-state index contributed by atoms with van der Waals surface area (Å²) in [5, 5.41) is 12.0. The number of nitro benzene ring substituents is 1. The third kappa shape index (κ3) is 3.17. The number of pyridine rings is 1. The Morgan fingerprint density at radius 3 is 2.33 bits per heavy atom. The summed E-state index contributed by atoms with van der Waals surface area (Å²) < 4.78 is 0. The Balaban J connectivity index is 2.03. The number of hydrogen-bond donors (Lipinski definition) is 0. The van der Waals surface area contributed by atoms with E-state index in [9.17, 15) is 10.1 Å². The third-order valence-electron chi connectivity index (χ3n) is 4.75. The van der Waals surface area contributed by atoms with Crippen LogP contribution >= 0.6 is 0 Å². The molecule has 0 saturated carbocycles. The van der Waals surface area contributed by atoms with E-state index in [4.69, 9.17) is 4.98 Å². The number of hydrogen-bond acceptors (Lipinski definition) is 3. The number of nitro groups is 1. The van der Waals surface area contributed by atoms with Gasteiger partial charge in [-0.3, -0.25) is 10.1 Å². The SMILES string of the molecule is Cc1ccc(-c2cc(-c3ccccc3)c3cc([N+](=O)[O-])ccc3n2)c(C)c1. The van der Waals surface area contributed by atoms with Crippen molar-refractivity contribution >= 4 is 16.6 Å². The fourth-order valence-electron chi connectivity index (χ4n) is 3.42. The molecule has 0 aliphatic rings. The molecule has 0 aliphatic carbocycles. The Morgan fingerprint density at radius 1 is 0.852 bits per heavy atom. The van der Waals surface area contributed by atoms with Gasteiger partial charge in [-0.2, -0.15) is 0 Å². The first-order valence-electron chi connectivity index (χ1n) is 8.75. The minimum atomic E-state index is -0.369. The lowest BCUT2D eigenvalue weighted by atomic mass is 9.96. The molecule has 27 heavy (non-hydrogen) atoms. The van der Waals surface area contributed by atoms with Crippen LogP contribution in [-0.4, -0.2) is 9.91 Å². The Labute approximate surface area is 157 Å². The van der Waals surface area contributed by atoms with Crippen molar-refractivity contribution < 1.29 is 4.92 Å². The molecule has 4 heteroatoms. The molecule has 1 heterocycles. The minimum Gasteiger partial charge on any atom is -0.258 e. The molecule has 0 unspecified atom stereocenters. The van der Waals surface area contributed by atoms with E-state index >= 15 is 0 Å². The first-order valence-corrected chi connectivity index (χ1v) is 8.75. The van der Waals surface area contributed by atoms with Crippen LogP contribution in [-0.2, 0) is 0 Å². The second-order valence-corrected chi connectivity index (χ2v) is 6.70. The quantitative estimate of drug-likeness (QED) is 0.330. The van der Waals surface area contributed by atoms with Crippen LogP contribution in [0.1, 0.15) is 11.1 Å². The molecule has 0 atom stereocenters. The van der Waals surface area contributed by atoms with Crippen LogP contribution in [0.25, 0.3) is 33.3 Å². The third-order valence-corrected chi connectivity index (χ3v) is 4.75. The number of rotatable bonds is 3. The van der Waals surface area contributed by atoms with E-state index in [0.717, 1.165) is 38.9 Å². The highest BCUT2D eigenvalue weighted by atomic mass is 16.6. The average Bonchev–Trinajstić information content (AvgIpc) is 2.67. The van der Waals surface area contributed by atoms with E-state index in [1.54, 1.807) is 12.1 Å². The van der Waals surface area contributed by atoms with Crippen LogP contribution in [0.5, 0.6) is 0 Å². The molecule has 0 bridgehead atoms. The van der Waals surface area contributed by atoms with Gasteiger partial charge in [-0.05, 0) is 42.7 Å². The van der Waals surface area contributed by atoms with Crippen molar-refractivity contribution in [1.29, 1.82) is 0 Å². The van der Waals surface area contributed by atoms with Gasteiger partial charge in [0.25, 0.3) is 5.69 Å². The van der Waals surface area contributed by atoms with Gasteiger partial charge >= 0.3 is 0 Å². The zero-order chi connectivity index (χ0) is 19.0. The monoisotopic (exact) mass is 354 g/mol. The van der Waals surface area contributed by atoms with Gasteiger partial charge in [0.05, 0.1) is 16.1 Å². The summed E-state index contributed by atoms with van der Waals surface area (Å²) >= 11 is 0. The summed E-state index contributed by atoms with van der Waals surface area (Å²) in [5.74, 6) is 0. The Kier molecular flexibility index (Phi) is 4.16. The normalized spacial score (nSPS) is 10.9. The Bertz CT molecular complexity index is 1170. The van der Waals surface area contributed by atoms with Crippen LogP contribution < -0.4 is 0 Å². The lowest BCUT2D eigenvalue weighted by Crippen LogP contribution is -1.94. The van der Waals surface area contributed by atoms with Crippen LogP contribution in [0.2, 0.25) is 0 Å². The van der Waals surface area contributed by atoms with Gasteiger partial charge in [0.1, 0.15) is 0 Å². The molecule has 3 aromatic carbocycles. The molecule has 4 nitrogen and oxygen atoms in total. The van der Waals surface area contributed by atoms with Gasteiger partial charge in [0.2, 0.25) is 0 Å². The molecule has 0 saturated heterocycles. The van der Waals surface area contributed by atoms with E-state index < -0.39 is 0 Å². The van der Waals surface area contributed by atoms with Crippen molar-refractivity contribution in [1.82, 2.24) is 4.98 Å². The van der Waals surface area contributed by atoms with Crippen molar-refractivity contribution in [3.8, 4) is 22.4 Å². The molecule has 0 aliphatic heterocycles. The largest absolute Gasteiger partial charge is 0.270 e. The highest BCUT2D eigenvalue weighted by Gasteiger charge is 2.14. The van der Waals surface area contributed by atoms with Gasteiger partial charge in [0.15, 0.2) is 0 Å². The van der Waals surface area contributed by atoms with Crippen molar-refractivity contribution in [2.24, 2.45) is 0 Å². The van der Waals surface area contributed by atoms with E-state index in [1.165, 1.54) is 11.6 Å². The number of aromatic nitrogens is 1. The van der Waals surface area contributed by atoms with E-state index in [2.05, 4.69) is 32.0 Å². The number of benzene rings is 3. The molecule has 0 N–H and O–H groups in total. The number of aryl methyl sites for hydroxylation is 2. The summed E-state index contributed by atoms with van der Waals surface area (Å²) in [6, 6.07) is 23.1. The van der Waals surface area contributed by atoms with E-state index in [1.807, 2.05) is 36.4 Å².